The molecule has 0 amide bonds. The number of benzene rings is 2. The molecule has 0 saturated carbocycles. The average Bonchev–Trinajstić information content (AvgIpc) is 3.12. The fraction of sp³-hybridized carbons (Fsp3) is 0.318. The van der Waals surface area contributed by atoms with Gasteiger partial charge in [-0.3, -0.25) is 0 Å². The van der Waals surface area contributed by atoms with Gasteiger partial charge in [0.15, 0.2) is 0 Å². The van der Waals surface area contributed by atoms with Crippen LogP contribution in [0.15, 0.2) is 51.4 Å². The summed E-state index contributed by atoms with van der Waals surface area (Å²) < 4.78 is 27.3. The predicted molar refractivity (Wildman–Crippen MR) is 117 cm³/mol. The average molecular weight is 438 g/mol. The molecule has 0 aliphatic carbocycles. The molecule has 0 radical (unpaired) electrons. The molecule has 0 fully saturated rings. The largest absolute Gasteiger partial charge is 0.492 e. The van der Waals surface area contributed by atoms with E-state index in [1.165, 1.54) is 21.5 Å². The molecule has 2 aromatic carbocycles. The zero-order chi connectivity index (χ0) is 22.7. The van der Waals surface area contributed by atoms with Gasteiger partial charge in [-0.25, -0.2) is 9.18 Å². The molecule has 2 heterocycles. The summed E-state index contributed by atoms with van der Waals surface area (Å²) in [6, 6.07) is 9.94. The van der Waals surface area contributed by atoms with E-state index in [-0.39, 0.29) is 18.1 Å². The lowest BCUT2D eigenvalue weighted by molar-refractivity contribution is 0.282. The minimum Gasteiger partial charge on any atom is -0.492 e. The van der Waals surface area contributed by atoms with Gasteiger partial charge in [0.25, 0.3) is 0 Å². The summed E-state index contributed by atoms with van der Waals surface area (Å²) in [5.74, 6) is 0.541. The number of fused-ring (bicyclic) bond motifs is 1. The van der Waals surface area contributed by atoms with Crippen molar-refractivity contribution < 1.29 is 13.9 Å². The molecule has 0 atom stereocenters. The van der Waals surface area contributed by atoms with E-state index in [2.05, 4.69) is 20.6 Å². The fourth-order valence-corrected chi connectivity index (χ4v) is 3.36. The summed E-state index contributed by atoms with van der Waals surface area (Å²) in [7, 11) is 1.54. The van der Waals surface area contributed by atoms with Gasteiger partial charge in [-0.05, 0) is 41.1 Å². The molecule has 4 rings (SSSR count). The molecule has 10 heteroatoms. The summed E-state index contributed by atoms with van der Waals surface area (Å²) >= 11 is 0. The maximum atomic E-state index is 13.5. The summed E-state index contributed by atoms with van der Waals surface area (Å²) in [5, 5.41) is 16.4. The molecule has 0 N–H and O–H groups in total. The van der Waals surface area contributed by atoms with Crippen molar-refractivity contribution in [1.29, 1.82) is 0 Å². The van der Waals surface area contributed by atoms with Crippen molar-refractivity contribution in [2.45, 2.75) is 33.3 Å². The van der Waals surface area contributed by atoms with E-state index >= 15 is 0 Å². The van der Waals surface area contributed by atoms with Crippen molar-refractivity contribution in [3.8, 4) is 11.4 Å². The molecule has 0 bridgehead atoms. The first-order valence-corrected chi connectivity index (χ1v) is 10.2. The molecule has 9 nitrogen and oxygen atoms in total. The highest BCUT2D eigenvalue weighted by molar-refractivity contribution is 6.03. The highest BCUT2D eigenvalue weighted by Gasteiger charge is 2.18. The Balaban J connectivity index is 1.58. The molecule has 0 saturated heterocycles. The van der Waals surface area contributed by atoms with Crippen molar-refractivity contribution in [3.05, 3.63) is 69.4 Å². The maximum Gasteiger partial charge on any atom is 0.368 e. The van der Waals surface area contributed by atoms with Gasteiger partial charge in [0.05, 0.1) is 18.0 Å². The van der Waals surface area contributed by atoms with Crippen molar-refractivity contribution in [1.82, 2.24) is 19.8 Å². The number of hydrogen-bond acceptors (Lipinski definition) is 7. The molecule has 0 unspecified atom stereocenters. The molecule has 1 aromatic heterocycles. The minimum atomic E-state index is -0.359. The van der Waals surface area contributed by atoms with E-state index in [0.29, 0.717) is 42.5 Å². The van der Waals surface area contributed by atoms with Gasteiger partial charge in [-0.15, -0.1) is 5.10 Å². The number of ether oxygens (including phenoxy) is 2. The number of aromatic nitrogens is 4. The SMILES string of the molecule is CCC(=N/N=C1/CCOc2cc(F)ccc21)OCc1c(C)cccc1-n1nnn(C)c1=O. The van der Waals surface area contributed by atoms with Crippen LogP contribution >= 0.6 is 0 Å². The Bertz CT molecular complexity index is 1260. The lowest BCUT2D eigenvalue weighted by atomic mass is 10.0. The lowest BCUT2D eigenvalue weighted by Crippen LogP contribution is -2.23. The third kappa shape index (κ3) is 4.29. The van der Waals surface area contributed by atoms with Crippen LogP contribution in [0.4, 0.5) is 4.39 Å². The summed E-state index contributed by atoms with van der Waals surface area (Å²) in [6.45, 7) is 4.45. The Morgan fingerprint density at radius 2 is 2.12 bits per heavy atom. The Morgan fingerprint density at radius 1 is 1.28 bits per heavy atom. The van der Waals surface area contributed by atoms with E-state index in [4.69, 9.17) is 9.47 Å². The van der Waals surface area contributed by atoms with Crippen LogP contribution in [-0.4, -0.2) is 38.0 Å². The van der Waals surface area contributed by atoms with Gasteiger partial charge < -0.3 is 9.47 Å². The Labute approximate surface area is 183 Å². The standard InChI is InChI=1S/C22H23FN6O3/c1-4-21(25-24-18-10-11-31-20-12-15(23)8-9-16(18)20)32-13-17-14(2)6-5-7-19(17)29-22(30)28(3)26-27-29/h5-9,12H,4,10-11,13H2,1-3H3/b24-18-,25-21?. The molecule has 1 aliphatic rings. The quantitative estimate of drug-likeness (QED) is 0.347. The number of hydrogen-bond donors (Lipinski definition) is 0. The topological polar surface area (TPSA) is 95.9 Å². The van der Waals surface area contributed by atoms with Crippen molar-refractivity contribution in [3.63, 3.8) is 0 Å². The highest BCUT2D eigenvalue weighted by Crippen LogP contribution is 2.26. The van der Waals surface area contributed by atoms with Crippen LogP contribution in [0.1, 0.15) is 36.5 Å². The Kier molecular flexibility index (Phi) is 6.11. The Hall–Kier alpha value is -3.82. The first-order chi connectivity index (χ1) is 15.5. The normalized spacial score (nSPS) is 14.9. The minimum absolute atomic E-state index is 0.188. The monoisotopic (exact) mass is 438 g/mol. The van der Waals surface area contributed by atoms with Crippen LogP contribution in [-0.2, 0) is 18.4 Å². The zero-order valence-corrected chi connectivity index (χ0v) is 18.1. The second kappa shape index (κ2) is 9.13. The first kappa shape index (κ1) is 21.4. The molecule has 32 heavy (non-hydrogen) atoms. The number of rotatable bonds is 5. The van der Waals surface area contributed by atoms with Crippen LogP contribution in [0.25, 0.3) is 5.69 Å². The van der Waals surface area contributed by atoms with Crippen LogP contribution in [0.2, 0.25) is 0 Å². The van der Waals surface area contributed by atoms with E-state index in [1.54, 1.807) is 19.2 Å². The van der Waals surface area contributed by atoms with Gasteiger partial charge in [0.2, 0.25) is 5.90 Å². The van der Waals surface area contributed by atoms with Crippen LogP contribution < -0.4 is 10.4 Å². The molecule has 1 aliphatic heterocycles. The third-order valence-corrected chi connectivity index (χ3v) is 5.15. The van der Waals surface area contributed by atoms with E-state index in [1.807, 2.05) is 26.0 Å². The number of nitrogens with zero attached hydrogens (tertiary/aromatic N) is 6. The second-order valence-electron chi connectivity index (χ2n) is 7.29. The number of halogens is 1. The first-order valence-electron chi connectivity index (χ1n) is 10.2. The van der Waals surface area contributed by atoms with Crippen molar-refractivity contribution in [2.24, 2.45) is 17.3 Å². The number of aryl methyl sites for hydroxylation is 2. The van der Waals surface area contributed by atoms with Crippen molar-refractivity contribution >= 4 is 11.6 Å². The smallest absolute Gasteiger partial charge is 0.368 e. The van der Waals surface area contributed by atoms with Crippen molar-refractivity contribution in [2.75, 3.05) is 6.61 Å². The molecular formula is C22H23FN6O3. The van der Waals surface area contributed by atoms with Gasteiger partial charge in [0.1, 0.15) is 18.2 Å². The maximum absolute atomic E-state index is 13.5. The molecular weight excluding hydrogens is 415 g/mol. The summed E-state index contributed by atoms with van der Waals surface area (Å²) in [6.07, 6.45) is 1.09. The molecule has 3 aromatic rings. The fourth-order valence-electron chi connectivity index (χ4n) is 3.36. The van der Waals surface area contributed by atoms with E-state index in [0.717, 1.165) is 16.7 Å². The number of tetrazole rings is 1. The van der Waals surface area contributed by atoms with Crippen LogP contribution in [0.5, 0.6) is 5.75 Å². The van der Waals surface area contributed by atoms with Gasteiger partial charge >= 0.3 is 5.69 Å². The molecule has 166 valence electrons. The Morgan fingerprint density at radius 3 is 2.88 bits per heavy atom. The zero-order valence-electron chi connectivity index (χ0n) is 18.1. The molecule has 0 spiro atoms. The third-order valence-electron chi connectivity index (χ3n) is 5.15. The highest BCUT2D eigenvalue weighted by atomic mass is 19.1. The van der Waals surface area contributed by atoms with E-state index in [9.17, 15) is 9.18 Å². The van der Waals surface area contributed by atoms with Gasteiger partial charge in [0, 0.05) is 37.1 Å². The lowest BCUT2D eigenvalue weighted by Gasteiger charge is -2.18. The predicted octanol–water partition coefficient (Wildman–Crippen LogP) is 2.93. The van der Waals surface area contributed by atoms with Gasteiger partial charge in [-0.1, -0.05) is 19.1 Å². The summed E-state index contributed by atoms with van der Waals surface area (Å²) in [5.41, 5.74) is 3.44. The second-order valence-corrected chi connectivity index (χ2v) is 7.29. The van der Waals surface area contributed by atoms with Crippen LogP contribution in [0, 0.1) is 12.7 Å². The summed E-state index contributed by atoms with van der Waals surface area (Å²) in [4.78, 5) is 12.3. The van der Waals surface area contributed by atoms with Gasteiger partial charge in [-0.2, -0.15) is 14.5 Å². The van der Waals surface area contributed by atoms with Crippen LogP contribution in [0.3, 0.4) is 0 Å². The van der Waals surface area contributed by atoms with E-state index < -0.39 is 0 Å².